The number of unbranched alkanes of at least 4 members (excludes halogenated alkanes) is 2. The summed E-state index contributed by atoms with van der Waals surface area (Å²) in [7, 11) is 0. The molecule has 2 atom stereocenters. The second-order valence-corrected chi connectivity index (χ2v) is 5.75. The zero-order valence-electron chi connectivity index (χ0n) is 16.1. The molecule has 0 aliphatic rings. The van der Waals surface area contributed by atoms with Crippen molar-refractivity contribution in [3.8, 4) is 0 Å². The molecule has 0 saturated heterocycles. The third-order valence-electron chi connectivity index (χ3n) is 3.66. The number of carbonyl (C=O) groups is 2. The molecule has 0 aromatic rings. The van der Waals surface area contributed by atoms with E-state index in [0.717, 1.165) is 51.4 Å². The maximum Gasteiger partial charge on any atom is 0.306 e. The number of nitrogens with two attached hydrogens (primary N) is 2. The van der Waals surface area contributed by atoms with Crippen LogP contribution >= 0.6 is 0 Å². The first-order valence-electron chi connectivity index (χ1n) is 9.21. The van der Waals surface area contributed by atoms with Gasteiger partial charge in [0.15, 0.2) is 0 Å². The van der Waals surface area contributed by atoms with Gasteiger partial charge in [0.05, 0.1) is 11.8 Å². The molecule has 0 fully saturated rings. The van der Waals surface area contributed by atoms with Crippen molar-refractivity contribution < 1.29 is 19.8 Å². The van der Waals surface area contributed by atoms with Crippen LogP contribution in [0.25, 0.3) is 0 Å². The van der Waals surface area contributed by atoms with Gasteiger partial charge in [-0.3, -0.25) is 9.59 Å². The summed E-state index contributed by atoms with van der Waals surface area (Å²) < 4.78 is 0. The summed E-state index contributed by atoms with van der Waals surface area (Å²) >= 11 is 0. The van der Waals surface area contributed by atoms with Gasteiger partial charge in [-0.15, -0.1) is 0 Å². The summed E-state index contributed by atoms with van der Waals surface area (Å²) in [6.45, 7) is 9.20. The Bertz CT molecular complexity index is 258. The molecule has 6 heteroatoms. The predicted octanol–water partition coefficient (Wildman–Crippen LogP) is 3.48. The van der Waals surface area contributed by atoms with Gasteiger partial charge < -0.3 is 21.7 Å². The topological polar surface area (TPSA) is 127 Å². The molecule has 0 aromatic carbocycles. The monoisotopic (exact) mass is 348 g/mol. The lowest BCUT2D eigenvalue weighted by atomic mass is 10.00. The zero-order valence-corrected chi connectivity index (χ0v) is 16.1. The first kappa shape index (κ1) is 27.7. The Hall–Kier alpha value is -1.14. The van der Waals surface area contributed by atoms with E-state index in [9.17, 15) is 9.59 Å². The lowest BCUT2D eigenvalue weighted by molar-refractivity contribution is -0.143. The molecule has 0 heterocycles. The largest absolute Gasteiger partial charge is 0.481 e. The maximum absolute atomic E-state index is 10.4. The van der Waals surface area contributed by atoms with Crippen LogP contribution in [0.4, 0.5) is 0 Å². The lowest BCUT2D eigenvalue weighted by Gasteiger charge is -2.06. The Morgan fingerprint density at radius 2 is 1.04 bits per heavy atom. The number of carboxylic acid groups (broad SMARTS) is 2. The average molecular weight is 349 g/mol. The molecule has 0 amide bonds. The van der Waals surface area contributed by atoms with Crippen molar-refractivity contribution in [3.05, 3.63) is 0 Å². The summed E-state index contributed by atoms with van der Waals surface area (Å²) in [5.74, 6) is -1.51. The molecule has 0 radical (unpaired) electrons. The molecule has 0 aliphatic heterocycles. The SMILES string of the molecule is CCCCC(CC)C(=O)O.CCCCC(CC)C(=O)O.NCCN. The van der Waals surface area contributed by atoms with E-state index in [0.29, 0.717) is 13.1 Å². The van der Waals surface area contributed by atoms with Crippen LogP contribution in [0.3, 0.4) is 0 Å². The van der Waals surface area contributed by atoms with Crippen molar-refractivity contribution in [2.45, 2.75) is 79.1 Å². The Morgan fingerprint density at radius 1 is 0.750 bits per heavy atom. The van der Waals surface area contributed by atoms with Crippen LogP contribution in [-0.4, -0.2) is 35.2 Å². The molecule has 0 rings (SSSR count). The normalized spacial score (nSPS) is 12.1. The van der Waals surface area contributed by atoms with Gasteiger partial charge in [-0.1, -0.05) is 53.4 Å². The molecular formula is C18H40N2O4. The first-order chi connectivity index (χ1) is 11.4. The number of rotatable bonds is 11. The van der Waals surface area contributed by atoms with E-state index in [1.54, 1.807) is 0 Å². The molecule has 0 saturated carbocycles. The van der Waals surface area contributed by atoms with Gasteiger partial charge in [-0.2, -0.15) is 0 Å². The zero-order chi connectivity index (χ0) is 19.4. The van der Waals surface area contributed by atoms with Crippen LogP contribution in [0.1, 0.15) is 79.1 Å². The molecular weight excluding hydrogens is 308 g/mol. The highest BCUT2D eigenvalue weighted by Gasteiger charge is 2.13. The van der Waals surface area contributed by atoms with Gasteiger partial charge in [-0.25, -0.2) is 0 Å². The van der Waals surface area contributed by atoms with Gasteiger partial charge >= 0.3 is 11.9 Å². The van der Waals surface area contributed by atoms with E-state index in [1.807, 2.05) is 13.8 Å². The molecule has 2 unspecified atom stereocenters. The van der Waals surface area contributed by atoms with E-state index in [1.165, 1.54) is 0 Å². The van der Waals surface area contributed by atoms with Crippen LogP contribution in [0.15, 0.2) is 0 Å². The lowest BCUT2D eigenvalue weighted by Crippen LogP contribution is -2.11. The predicted molar refractivity (Wildman–Crippen MR) is 100.0 cm³/mol. The number of carboxylic acids is 2. The third-order valence-corrected chi connectivity index (χ3v) is 3.66. The van der Waals surface area contributed by atoms with Gasteiger partial charge in [0, 0.05) is 13.1 Å². The van der Waals surface area contributed by atoms with Crippen molar-refractivity contribution in [1.29, 1.82) is 0 Å². The maximum atomic E-state index is 10.4. The standard InChI is InChI=1S/2C8H16O2.C2H8N2/c2*1-3-5-6-7(4-2)8(9)10;3-1-2-4/h2*7H,3-6H2,1-2H3,(H,9,10);1-4H2. The minimum atomic E-state index is -0.643. The molecule has 6 N–H and O–H groups in total. The Labute approximate surface area is 148 Å². The highest BCUT2D eigenvalue weighted by Crippen LogP contribution is 2.12. The van der Waals surface area contributed by atoms with Crippen molar-refractivity contribution in [2.24, 2.45) is 23.3 Å². The average Bonchev–Trinajstić information content (AvgIpc) is 2.56. The van der Waals surface area contributed by atoms with E-state index < -0.39 is 11.9 Å². The van der Waals surface area contributed by atoms with Crippen LogP contribution in [-0.2, 0) is 9.59 Å². The summed E-state index contributed by atoms with van der Waals surface area (Å²) in [4.78, 5) is 20.9. The molecule has 0 bridgehead atoms. The molecule has 6 nitrogen and oxygen atoms in total. The van der Waals surface area contributed by atoms with Crippen molar-refractivity contribution in [1.82, 2.24) is 0 Å². The number of hydrogen-bond acceptors (Lipinski definition) is 4. The van der Waals surface area contributed by atoms with E-state index in [2.05, 4.69) is 13.8 Å². The Kier molecular flexibility index (Phi) is 25.2. The second-order valence-electron chi connectivity index (χ2n) is 5.75. The van der Waals surface area contributed by atoms with Gasteiger partial charge in [0.25, 0.3) is 0 Å². The Morgan fingerprint density at radius 3 is 1.17 bits per heavy atom. The quantitative estimate of drug-likeness (QED) is 0.453. The number of aliphatic carboxylic acids is 2. The van der Waals surface area contributed by atoms with Crippen LogP contribution in [0.2, 0.25) is 0 Å². The first-order valence-corrected chi connectivity index (χ1v) is 9.21. The van der Waals surface area contributed by atoms with E-state index in [4.69, 9.17) is 21.7 Å². The minimum absolute atomic E-state index is 0.111. The second kappa shape index (κ2) is 21.9. The van der Waals surface area contributed by atoms with Crippen LogP contribution in [0, 0.1) is 11.8 Å². The molecule has 0 aromatic heterocycles. The van der Waals surface area contributed by atoms with E-state index >= 15 is 0 Å². The summed E-state index contributed by atoms with van der Waals surface area (Å²) in [6, 6.07) is 0. The molecule has 0 spiro atoms. The highest BCUT2D eigenvalue weighted by atomic mass is 16.4. The highest BCUT2D eigenvalue weighted by molar-refractivity contribution is 5.70. The van der Waals surface area contributed by atoms with Crippen molar-refractivity contribution >= 4 is 11.9 Å². The minimum Gasteiger partial charge on any atom is -0.481 e. The smallest absolute Gasteiger partial charge is 0.306 e. The fraction of sp³-hybridized carbons (Fsp3) is 0.889. The van der Waals surface area contributed by atoms with Crippen molar-refractivity contribution in [2.75, 3.05) is 13.1 Å². The molecule has 146 valence electrons. The molecule has 24 heavy (non-hydrogen) atoms. The summed E-state index contributed by atoms with van der Waals surface area (Å²) in [6.07, 6.45) is 7.43. The number of hydrogen-bond donors (Lipinski definition) is 4. The summed E-state index contributed by atoms with van der Waals surface area (Å²) in [5, 5.41) is 17.2. The van der Waals surface area contributed by atoms with E-state index in [-0.39, 0.29) is 11.8 Å². The molecule has 0 aliphatic carbocycles. The Balaban J connectivity index is -0.000000301. The van der Waals surface area contributed by atoms with Crippen LogP contribution in [0.5, 0.6) is 0 Å². The van der Waals surface area contributed by atoms with Crippen molar-refractivity contribution in [3.63, 3.8) is 0 Å². The summed E-state index contributed by atoms with van der Waals surface area (Å²) in [5.41, 5.74) is 9.81. The van der Waals surface area contributed by atoms with Gasteiger partial charge in [0.1, 0.15) is 0 Å². The van der Waals surface area contributed by atoms with Crippen LogP contribution < -0.4 is 11.5 Å². The fourth-order valence-corrected chi connectivity index (χ4v) is 1.91. The van der Waals surface area contributed by atoms with Gasteiger partial charge in [0.2, 0.25) is 0 Å². The third kappa shape index (κ3) is 20.9. The fourth-order valence-electron chi connectivity index (χ4n) is 1.91. The van der Waals surface area contributed by atoms with Gasteiger partial charge in [-0.05, 0) is 25.7 Å².